The van der Waals surface area contributed by atoms with Gasteiger partial charge in [0.2, 0.25) is 5.91 Å². The van der Waals surface area contributed by atoms with Crippen LogP contribution < -0.4 is 5.32 Å². The number of unbranched alkanes of at least 4 members (excludes halogenated alkanes) is 4. The number of benzene rings is 1. The van der Waals surface area contributed by atoms with Crippen LogP contribution in [0.1, 0.15) is 71.1 Å². The zero-order chi connectivity index (χ0) is 22.6. The molecule has 0 aliphatic carbocycles. The first kappa shape index (κ1) is 26.1. The quantitative estimate of drug-likeness (QED) is 0.128. The second-order valence-electron chi connectivity index (χ2n) is 7.33. The van der Waals surface area contributed by atoms with E-state index in [0.717, 1.165) is 32.1 Å². The predicted octanol–water partition coefficient (Wildman–Crippen LogP) is 7.68. The van der Waals surface area contributed by atoms with E-state index < -0.39 is 4.92 Å². The minimum absolute atomic E-state index is 0.0125. The number of rotatable bonds is 16. The summed E-state index contributed by atoms with van der Waals surface area (Å²) in [6.45, 7) is 2.23. The average Bonchev–Trinajstić information content (AvgIpc) is 2.76. The van der Waals surface area contributed by atoms with E-state index in [1.165, 1.54) is 37.8 Å². The summed E-state index contributed by atoms with van der Waals surface area (Å²) in [7, 11) is 0. The normalized spacial score (nSPS) is 11.9. The highest BCUT2D eigenvalue weighted by molar-refractivity contribution is 5.90. The number of nitrogens with one attached hydrogen (secondary N) is 1. The van der Waals surface area contributed by atoms with E-state index in [0.29, 0.717) is 12.1 Å². The average molecular weight is 425 g/mol. The fourth-order valence-corrected chi connectivity index (χ4v) is 2.83. The van der Waals surface area contributed by atoms with Crippen LogP contribution in [-0.4, -0.2) is 10.8 Å². The van der Waals surface area contributed by atoms with Gasteiger partial charge in [0.05, 0.1) is 4.92 Å². The maximum absolute atomic E-state index is 11.9. The van der Waals surface area contributed by atoms with Crippen molar-refractivity contribution in [2.24, 2.45) is 0 Å². The third-order valence-electron chi connectivity index (χ3n) is 4.59. The highest BCUT2D eigenvalue weighted by Gasteiger charge is 2.06. The zero-order valence-corrected chi connectivity index (χ0v) is 18.7. The Hall–Kier alpha value is -2.95. The molecule has 5 nitrogen and oxygen atoms in total. The largest absolute Gasteiger partial charge is 0.326 e. The van der Waals surface area contributed by atoms with Crippen LogP contribution in [0.2, 0.25) is 0 Å². The Labute approximate surface area is 186 Å². The molecule has 0 aliphatic heterocycles. The molecule has 0 spiro atoms. The van der Waals surface area contributed by atoms with Gasteiger partial charge in [-0.25, -0.2) is 0 Å². The van der Waals surface area contributed by atoms with Crippen LogP contribution in [0.4, 0.5) is 11.4 Å². The molecule has 1 aromatic carbocycles. The molecule has 0 saturated carbocycles. The second kappa shape index (κ2) is 17.9. The molecule has 31 heavy (non-hydrogen) atoms. The molecule has 5 heteroatoms. The minimum atomic E-state index is -0.460. The standard InChI is InChI=1S/C26H36N2O3/c1-2-3-4-5-6-7-8-9-10-11-12-13-14-15-16-17-18-19-26(29)27-24-20-22-25(23-21-24)28(30)31/h6-7,9-10,12-13,15-16,20-23H,2-5,8,11,14,17-19H2,1H3,(H,27,29)/b7-6+,10-9+,13-12-,16-15+. The first-order valence-corrected chi connectivity index (χ1v) is 11.3. The van der Waals surface area contributed by atoms with Gasteiger partial charge in [-0.2, -0.15) is 0 Å². The molecular formula is C26H36N2O3. The van der Waals surface area contributed by atoms with Gasteiger partial charge in [0.25, 0.3) is 5.69 Å². The first-order chi connectivity index (χ1) is 15.1. The van der Waals surface area contributed by atoms with E-state index in [-0.39, 0.29) is 11.6 Å². The number of nitro benzene ring substituents is 1. The van der Waals surface area contributed by atoms with Gasteiger partial charge in [-0.15, -0.1) is 0 Å². The number of nitrogens with zero attached hydrogens (tertiary/aromatic N) is 1. The van der Waals surface area contributed by atoms with Gasteiger partial charge < -0.3 is 5.32 Å². The first-order valence-electron chi connectivity index (χ1n) is 11.3. The fraction of sp³-hybridized carbons (Fsp3) is 0.423. The van der Waals surface area contributed by atoms with E-state index in [4.69, 9.17) is 0 Å². The summed E-state index contributed by atoms with van der Waals surface area (Å²) in [6.07, 6.45) is 27.5. The van der Waals surface area contributed by atoms with Crippen molar-refractivity contribution >= 4 is 17.3 Å². The van der Waals surface area contributed by atoms with Crippen molar-refractivity contribution in [1.82, 2.24) is 0 Å². The molecule has 168 valence electrons. The van der Waals surface area contributed by atoms with Crippen molar-refractivity contribution in [3.63, 3.8) is 0 Å². The van der Waals surface area contributed by atoms with Crippen LogP contribution in [0.5, 0.6) is 0 Å². The van der Waals surface area contributed by atoms with Crippen LogP contribution in [0.25, 0.3) is 0 Å². The highest BCUT2D eigenvalue weighted by Crippen LogP contribution is 2.15. The lowest BCUT2D eigenvalue weighted by Gasteiger charge is -2.04. The Kier molecular flexibility index (Phi) is 15.0. The summed E-state index contributed by atoms with van der Waals surface area (Å²) in [5, 5.41) is 13.4. The van der Waals surface area contributed by atoms with E-state index in [9.17, 15) is 14.9 Å². The van der Waals surface area contributed by atoms with Crippen molar-refractivity contribution < 1.29 is 9.72 Å². The molecule has 0 bridgehead atoms. The van der Waals surface area contributed by atoms with Crippen molar-refractivity contribution in [3.8, 4) is 0 Å². The molecular weight excluding hydrogens is 388 g/mol. The van der Waals surface area contributed by atoms with Crippen molar-refractivity contribution in [3.05, 3.63) is 83.0 Å². The second-order valence-corrected chi connectivity index (χ2v) is 7.33. The molecule has 1 N–H and O–H groups in total. The van der Waals surface area contributed by atoms with Crippen molar-refractivity contribution in [2.45, 2.75) is 71.1 Å². The van der Waals surface area contributed by atoms with Gasteiger partial charge in [0.15, 0.2) is 0 Å². The predicted molar refractivity (Wildman–Crippen MR) is 130 cm³/mol. The van der Waals surface area contributed by atoms with Crippen LogP contribution in [-0.2, 0) is 4.79 Å². The Morgan fingerprint density at radius 3 is 1.87 bits per heavy atom. The summed E-state index contributed by atoms with van der Waals surface area (Å²) in [4.78, 5) is 22.1. The van der Waals surface area contributed by atoms with E-state index in [1.807, 2.05) is 0 Å². The van der Waals surface area contributed by atoms with E-state index in [1.54, 1.807) is 12.1 Å². The van der Waals surface area contributed by atoms with Gasteiger partial charge in [0, 0.05) is 24.2 Å². The maximum atomic E-state index is 11.9. The lowest BCUT2D eigenvalue weighted by Crippen LogP contribution is -2.10. The molecule has 1 amide bonds. The lowest BCUT2D eigenvalue weighted by molar-refractivity contribution is -0.384. The number of amides is 1. The van der Waals surface area contributed by atoms with E-state index >= 15 is 0 Å². The third-order valence-corrected chi connectivity index (χ3v) is 4.59. The van der Waals surface area contributed by atoms with Gasteiger partial charge in [0.1, 0.15) is 0 Å². The highest BCUT2D eigenvalue weighted by atomic mass is 16.6. The smallest absolute Gasteiger partial charge is 0.269 e. The van der Waals surface area contributed by atoms with Crippen LogP contribution in [0, 0.1) is 10.1 Å². The summed E-state index contributed by atoms with van der Waals surface area (Å²) in [5.74, 6) is -0.0789. The number of non-ortho nitro benzene ring substituents is 1. The van der Waals surface area contributed by atoms with Gasteiger partial charge in [-0.05, 0) is 57.1 Å². The lowest BCUT2D eigenvalue weighted by atomic mass is 10.2. The summed E-state index contributed by atoms with van der Waals surface area (Å²) >= 11 is 0. The van der Waals surface area contributed by atoms with Gasteiger partial charge in [-0.3, -0.25) is 14.9 Å². The number of carbonyl (C=O) groups excluding carboxylic acids is 1. The molecule has 0 fully saturated rings. The summed E-state index contributed by atoms with van der Waals surface area (Å²) in [5.41, 5.74) is 0.590. The Morgan fingerprint density at radius 2 is 1.35 bits per heavy atom. The zero-order valence-electron chi connectivity index (χ0n) is 18.7. The monoisotopic (exact) mass is 424 g/mol. The molecule has 0 aromatic heterocycles. The number of allylic oxidation sites excluding steroid dienone is 8. The minimum Gasteiger partial charge on any atom is -0.326 e. The fourth-order valence-electron chi connectivity index (χ4n) is 2.83. The number of carbonyl (C=O) groups is 1. The van der Waals surface area contributed by atoms with Gasteiger partial charge >= 0.3 is 0 Å². The summed E-state index contributed by atoms with van der Waals surface area (Å²) in [6, 6.07) is 5.86. The number of hydrogen-bond acceptors (Lipinski definition) is 3. The Morgan fingerprint density at radius 1 is 0.839 bits per heavy atom. The summed E-state index contributed by atoms with van der Waals surface area (Å²) < 4.78 is 0. The molecule has 0 atom stereocenters. The van der Waals surface area contributed by atoms with Crippen LogP contribution in [0.15, 0.2) is 72.9 Å². The van der Waals surface area contributed by atoms with Crippen LogP contribution >= 0.6 is 0 Å². The molecule has 0 saturated heterocycles. The molecule has 1 rings (SSSR count). The Balaban J connectivity index is 2.03. The van der Waals surface area contributed by atoms with Crippen LogP contribution in [0.3, 0.4) is 0 Å². The molecule has 0 radical (unpaired) electrons. The number of anilines is 1. The molecule has 0 heterocycles. The molecule has 0 unspecified atom stereocenters. The topological polar surface area (TPSA) is 72.2 Å². The van der Waals surface area contributed by atoms with Crippen molar-refractivity contribution in [1.29, 1.82) is 0 Å². The Bertz CT molecular complexity index is 746. The molecule has 1 aromatic rings. The molecule has 0 aliphatic rings. The SMILES string of the molecule is CCCCC/C=C/C/C=C/C/C=C\C/C=C/CCCC(=O)Nc1ccc([N+](=O)[O-])cc1. The van der Waals surface area contributed by atoms with Gasteiger partial charge in [-0.1, -0.05) is 68.4 Å². The number of nitro groups is 1. The van der Waals surface area contributed by atoms with Crippen molar-refractivity contribution in [2.75, 3.05) is 5.32 Å². The maximum Gasteiger partial charge on any atom is 0.269 e. The van der Waals surface area contributed by atoms with E-state index in [2.05, 4.69) is 60.8 Å². The number of hydrogen-bond donors (Lipinski definition) is 1. The third kappa shape index (κ3) is 14.6.